The van der Waals surface area contributed by atoms with Crippen molar-refractivity contribution in [2.24, 2.45) is 0 Å². The number of rotatable bonds is 6. The number of phenolic OH excluding ortho intramolecular Hbond substituents is 2. The van der Waals surface area contributed by atoms with Crippen LogP contribution in [0.15, 0.2) is 35.2 Å². The fourth-order valence-electron chi connectivity index (χ4n) is 1.95. The molecule has 3 N–H and O–H groups in total. The summed E-state index contributed by atoms with van der Waals surface area (Å²) in [6, 6.07) is 8.72. The highest BCUT2D eigenvalue weighted by Gasteiger charge is 2.05. The molecule has 2 rings (SSSR count). The molecule has 1 amide bonds. The van der Waals surface area contributed by atoms with Gasteiger partial charge in [-0.2, -0.15) is 0 Å². The largest absolute Gasteiger partial charge is 0.504 e. The normalized spacial score (nSPS) is 10.7. The first-order valence-corrected chi connectivity index (χ1v) is 7.94. The average Bonchev–Trinajstić information content (AvgIpc) is 2.46. The number of carbonyl (C=O) groups is 1. The number of amides is 1. The second kappa shape index (κ2) is 7.22. The van der Waals surface area contributed by atoms with Crippen molar-refractivity contribution in [2.75, 3.05) is 12.3 Å². The Kier molecular flexibility index (Phi) is 5.33. The molecule has 112 valence electrons. The minimum absolute atomic E-state index is 0.0297. The van der Waals surface area contributed by atoms with Gasteiger partial charge in [0, 0.05) is 11.4 Å². The summed E-state index contributed by atoms with van der Waals surface area (Å²) in [4.78, 5) is 12.6. The molecule has 2 aromatic carbocycles. The van der Waals surface area contributed by atoms with Crippen molar-refractivity contribution in [2.45, 2.75) is 24.7 Å². The summed E-state index contributed by atoms with van der Waals surface area (Å²) in [7, 11) is 0. The lowest BCUT2D eigenvalue weighted by Gasteiger charge is -2.06. The Hall–Kier alpha value is -1.88. The maximum atomic E-state index is 11.6. The molecule has 0 saturated heterocycles. The molecule has 0 aliphatic heterocycles. The van der Waals surface area contributed by atoms with E-state index in [-0.39, 0.29) is 17.4 Å². The van der Waals surface area contributed by atoms with Crippen molar-refractivity contribution >= 4 is 28.4 Å². The molecule has 5 heteroatoms. The van der Waals surface area contributed by atoms with Crippen molar-refractivity contribution < 1.29 is 15.0 Å². The van der Waals surface area contributed by atoms with Gasteiger partial charge >= 0.3 is 0 Å². The molecule has 0 aromatic heterocycles. The first-order valence-electron chi connectivity index (χ1n) is 6.95. The van der Waals surface area contributed by atoms with Crippen LogP contribution < -0.4 is 5.32 Å². The van der Waals surface area contributed by atoms with E-state index in [1.807, 2.05) is 18.2 Å². The van der Waals surface area contributed by atoms with E-state index < -0.39 is 0 Å². The van der Waals surface area contributed by atoms with Crippen molar-refractivity contribution in [1.29, 1.82) is 0 Å². The van der Waals surface area contributed by atoms with Crippen LogP contribution in [0.5, 0.6) is 11.5 Å². The summed E-state index contributed by atoms with van der Waals surface area (Å²) in [6.07, 6.45) is 2.06. The maximum absolute atomic E-state index is 11.6. The van der Waals surface area contributed by atoms with E-state index in [2.05, 4.69) is 12.2 Å². The van der Waals surface area contributed by atoms with Gasteiger partial charge in [0.05, 0.1) is 5.75 Å². The Morgan fingerprint density at radius 3 is 2.57 bits per heavy atom. The van der Waals surface area contributed by atoms with Gasteiger partial charge in [-0.1, -0.05) is 19.4 Å². The van der Waals surface area contributed by atoms with E-state index in [0.29, 0.717) is 5.75 Å². The second-order valence-electron chi connectivity index (χ2n) is 4.84. The summed E-state index contributed by atoms with van der Waals surface area (Å²) in [5, 5.41) is 23.5. The third kappa shape index (κ3) is 4.29. The Labute approximate surface area is 128 Å². The highest BCUT2D eigenvalue weighted by Crippen LogP contribution is 2.32. The van der Waals surface area contributed by atoms with Gasteiger partial charge in [-0.3, -0.25) is 4.79 Å². The summed E-state index contributed by atoms with van der Waals surface area (Å²) in [5.74, 6) is 0.140. The van der Waals surface area contributed by atoms with E-state index in [4.69, 9.17) is 0 Å². The number of thioether (sulfide) groups is 1. The number of carbonyl (C=O) groups excluding carboxylic acids is 1. The van der Waals surface area contributed by atoms with Gasteiger partial charge in [0.1, 0.15) is 0 Å². The van der Waals surface area contributed by atoms with Crippen LogP contribution in [-0.2, 0) is 4.79 Å². The Morgan fingerprint density at radius 2 is 1.86 bits per heavy atom. The molecule has 0 unspecified atom stereocenters. The zero-order chi connectivity index (χ0) is 15.2. The van der Waals surface area contributed by atoms with Crippen LogP contribution in [0.1, 0.15) is 19.8 Å². The summed E-state index contributed by atoms with van der Waals surface area (Å²) in [5.41, 5.74) is 0. The van der Waals surface area contributed by atoms with Crippen molar-refractivity contribution in [3.63, 3.8) is 0 Å². The second-order valence-corrected chi connectivity index (χ2v) is 5.89. The van der Waals surface area contributed by atoms with Crippen molar-refractivity contribution in [1.82, 2.24) is 5.32 Å². The molecule has 0 spiro atoms. The molecule has 0 aliphatic rings. The lowest BCUT2D eigenvalue weighted by Crippen LogP contribution is -2.25. The number of unbranched alkanes of at least 4 members (excludes halogenated alkanes) is 1. The zero-order valence-electron chi connectivity index (χ0n) is 11.9. The van der Waals surface area contributed by atoms with E-state index in [9.17, 15) is 15.0 Å². The number of phenols is 2. The third-order valence-corrected chi connectivity index (χ3v) is 4.12. The SMILES string of the molecule is CCCCNC(=O)CSc1ccc2cc(O)c(O)cc2c1. The van der Waals surface area contributed by atoms with Crippen LogP contribution in [0.25, 0.3) is 10.8 Å². The molecule has 0 saturated carbocycles. The van der Waals surface area contributed by atoms with Crippen LogP contribution in [-0.4, -0.2) is 28.4 Å². The monoisotopic (exact) mass is 305 g/mol. The first kappa shape index (κ1) is 15.5. The molecule has 2 aromatic rings. The van der Waals surface area contributed by atoms with Gasteiger partial charge in [-0.25, -0.2) is 0 Å². The van der Waals surface area contributed by atoms with Crippen LogP contribution >= 0.6 is 11.8 Å². The van der Waals surface area contributed by atoms with Crippen LogP contribution in [0.4, 0.5) is 0 Å². The average molecular weight is 305 g/mol. The van der Waals surface area contributed by atoms with E-state index >= 15 is 0 Å². The fourth-order valence-corrected chi connectivity index (χ4v) is 2.72. The lowest BCUT2D eigenvalue weighted by atomic mass is 10.1. The highest BCUT2D eigenvalue weighted by atomic mass is 32.2. The molecule has 0 heterocycles. The molecule has 0 bridgehead atoms. The first-order chi connectivity index (χ1) is 10.1. The number of aromatic hydroxyl groups is 2. The zero-order valence-corrected chi connectivity index (χ0v) is 12.7. The standard InChI is InChI=1S/C16H19NO3S/c1-2-3-6-17-16(20)10-21-13-5-4-11-8-14(18)15(19)9-12(11)7-13/h4-5,7-9,18-19H,2-3,6,10H2,1H3,(H,17,20). The number of hydrogen-bond acceptors (Lipinski definition) is 4. The van der Waals surface area contributed by atoms with Gasteiger partial charge in [0.2, 0.25) is 5.91 Å². The molecule has 4 nitrogen and oxygen atoms in total. The quantitative estimate of drug-likeness (QED) is 0.435. The maximum Gasteiger partial charge on any atom is 0.230 e. The topological polar surface area (TPSA) is 69.6 Å². The summed E-state index contributed by atoms with van der Waals surface area (Å²) >= 11 is 1.46. The molecule has 0 radical (unpaired) electrons. The van der Waals surface area contributed by atoms with Gasteiger partial charge < -0.3 is 15.5 Å². The molecule has 21 heavy (non-hydrogen) atoms. The number of benzene rings is 2. The highest BCUT2D eigenvalue weighted by molar-refractivity contribution is 8.00. The number of hydrogen-bond donors (Lipinski definition) is 3. The molecule has 0 aliphatic carbocycles. The summed E-state index contributed by atoms with van der Waals surface area (Å²) < 4.78 is 0. The lowest BCUT2D eigenvalue weighted by molar-refractivity contribution is -0.118. The van der Waals surface area contributed by atoms with Gasteiger partial charge in [0.25, 0.3) is 0 Å². The number of fused-ring (bicyclic) bond motifs is 1. The van der Waals surface area contributed by atoms with E-state index in [1.54, 1.807) is 0 Å². The van der Waals surface area contributed by atoms with Gasteiger partial charge in [0.15, 0.2) is 11.5 Å². The summed E-state index contributed by atoms with van der Waals surface area (Å²) in [6.45, 7) is 2.81. The Bertz CT molecular complexity index is 643. The fraction of sp³-hybridized carbons (Fsp3) is 0.312. The van der Waals surface area contributed by atoms with Crippen molar-refractivity contribution in [3.8, 4) is 11.5 Å². The smallest absolute Gasteiger partial charge is 0.230 e. The Morgan fingerprint density at radius 1 is 1.14 bits per heavy atom. The predicted molar refractivity (Wildman–Crippen MR) is 85.9 cm³/mol. The van der Waals surface area contributed by atoms with Crippen molar-refractivity contribution in [3.05, 3.63) is 30.3 Å². The van der Waals surface area contributed by atoms with E-state index in [1.165, 1.54) is 23.9 Å². The van der Waals surface area contributed by atoms with Crippen LogP contribution in [0.2, 0.25) is 0 Å². The number of nitrogens with one attached hydrogen (secondary N) is 1. The third-order valence-electron chi connectivity index (χ3n) is 3.13. The molecular weight excluding hydrogens is 286 g/mol. The van der Waals surface area contributed by atoms with Gasteiger partial charge in [-0.15, -0.1) is 11.8 Å². The van der Waals surface area contributed by atoms with Crippen LogP contribution in [0, 0.1) is 0 Å². The Balaban J connectivity index is 1.99. The minimum Gasteiger partial charge on any atom is -0.504 e. The van der Waals surface area contributed by atoms with Gasteiger partial charge in [-0.05, 0) is 41.5 Å². The molecule has 0 atom stereocenters. The molecule has 0 fully saturated rings. The predicted octanol–water partition coefficient (Wildman–Crippen LogP) is 3.26. The minimum atomic E-state index is -0.137. The van der Waals surface area contributed by atoms with E-state index in [0.717, 1.165) is 35.1 Å². The van der Waals surface area contributed by atoms with Crippen LogP contribution in [0.3, 0.4) is 0 Å². The molecular formula is C16H19NO3S.